The quantitative estimate of drug-likeness (QED) is 0.635. The van der Waals surface area contributed by atoms with E-state index in [4.69, 9.17) is 0 Å². The van der Waals surface area contributed by atoms with Gasteiger partial charge in [-0.3, -0.25) is 4.90 Å². The molecule has 5 fully saturated rings. The molecule has 1 heterocycles. The Labute approximate surface area is 187 Å². The molecule has 1 aliphatic heterocycles. The van der Waals surface area contributed by atoms with E-state index in [0.717, 1.165) is 35.4 Å². The Morgan fingerprint density at radius 2 is 1.29 bits per heavy atom. The second kappa shape index (κ2) is 7.74. The van der Waals surface area contributed by atoms with Crippen LogP contribution < -0.4 is 0 Å². The van der Waals surface area contributed by atoms with Gasteiger partial charge < -0.3 is 5.11 Å². The summed E-state index contributed by atoms with van der Waals surface area (Å²) in [6.07, 6.45) is 11.8. The number of likely N-dealkylation sites (tertiary alicyclic amines) is 1. The van der Waals surface area contributed by atoms with Crippen molar-refractivity contribution in [2.45, 2.75) is 69.9 Å². The molecule has 1 N–H and O–H groups in total. The highest BCUT2D eigenvalue weighted by atomic mass is 16.3. The van der Waals surface area contributed by atoms with Crippen molar-refractivity contribution in [3.63, 3.8) is 0 Å². The molecule has 0 aromatic heterocycles. The predicted octanol–water partition coefficient (Wildman–Crippen LogP) is 6.12. The van der Waals surface area contributed by atoms with Gasteiger partial charge in [-0.25, -0.2) is 0 Å². The highest BCUT2D eigenvalue weighted by Gasteiger charge is 2.61. The maximum absolute atomic E-state index is 12.7. The maximum Gasteiger partial charge on any atom is 0.120 e. The first-order chi connectivity index (χ1) is 15.1. The van der Waals surface area contributed by atoms with Crippen LogP contribution in [0.15, 0.2) is 54.6 Å². The minimum Gasteiger partial charge on any atom is -0.380 e. The van der Waals surface area contributed by atoms with Crippen molar-refractivity contribution in [3.05, 3.63) is 71.3 Å². The highest BCUT2D eigenvalue weighted by Crippen LogP contribution is 2.67. The van der Waals surface area contributed by atoms with Crippen molar-refractivity contribution in [3.8, 4) is 0 Å². The van der Waals surface area contributed by atoms with Gasteiger partial charge in [-0.05, 0) is 98.9 Å². The molecule has 0 spiro atoms. The topological polar surface area (TPSA) is 23.5 Å². The second-order valence-electron chi connectivity index (χ2n) is 11.3. The zero-order valence-corrected chi connectivity index (χ0v) is 18.8. The molecule has 2 heteroatoms. The van der Waals surface area contributed by atoms with E-state index in [0.29, 0.717) is 0 Å². The van der Waals surface area contributed by atoms with Crippen LogP contribution in [0.4, 0.5) is 0 Å². The molecule has 4 saturated carbocycles. The minimum absolute atomic E-state index is 0.00249. The molecule has 0 radical (unpaired) electrons. The normalized spacial score (nSPS) is 34.5. The van der Waals surface area contributed by atoms with E-state index in [2.05, 4.69) is 59.5 Å². The van der Waals surface area contributed by atoms with Gasteiger partial charge in [0.2, 0.25) is 0 Å². The number of aliphatic hydroxyl groups is 1. The van der Waals surface area contributed by atoms with E-state index in [1.54, 1.807) is 0 Å². The van der Waals surface area contributed by atoms with Crippen LogP contribution in [0.5, 0.6) is 0 Å². The van der Waals surface area contributed by atoms with E-state index in [-0.39, 0.29) is 5.41 Å². The largest absolute Gasteiger partial charge is 0.380 e. The number of piperidine rings is 1. The lowest BCUT2D eigenvalue weighted by atomic mass is 9.44. The summed E-state index contributed by atoms with van der Waals surface area (Å²) in [5.41, 5.74) is 2.71. The fourth-order valence-corrected chi connectivity index (χ4v) is 8.24. The lowest BCUT2D eigenvalue weighted by Gasteiger charge is -2.62. The van der Waals surface area contributed by atoms with Crippen LogP contribution in [-0.2, 0) is 12.1 Å². The summed E-state index contributed by atoms with van der Waals surface area (Å²) in [5.74, 6) is 2.46. The van der Waals surface area contributed by atoms with Gasteiger partial charge in [0.25, 0.3) is 0 Å². The van der Waals surface area contributed by atoms with Gasteiger partial charge in [0.1, 0.15) is 5.60 Å². The van der Waals surface area contributed by atoms with Gasteiger partial charge in [-0.1, -0.05) is 61.0 Å². The zero-order valence-electron chi connectivity index (χ0n) is 18.8. The second-order valence-corrected chi connectivity index (χ2v) is 11.3. The van der Waals surface area contributed by atoms with Crippen molar-refractivity contribution in [2.75, 3.05) is 13.1 Å². The Morgan fingerprint density at radius 1 is 0.742 bits per heavy atom. The van der Waals surface area contributed by atoms with Crippen molar-refractivity contribution in [2.24, 2.45) is 23.2 Å². The molecule has 2 aromatic rings. The first-order valence-electron chi connectivity index (χ1n) is 12.7. The SMILES string of the molecule is OC(c1ccccc1)(c1ccc(CN2CCCCC2)cc1)C12CC3CC(CC(C3)C1)C2. The van der Waals surface area contributed by atoms with Crippen LogP contribution in [-0.4, -0.2) is 23.1 Å². The third-order valence-corrected chi connectivity index (χ3v) is 9.22. The Morgan fingerprint density at radius 3 is 1.87 bits per heavy atom. The fraction of sp³-hybridized carbons (Fsp3) is 0.586. The fourth-order valence-electron chi connectivity index (χ4n) is 8.24. The summed E-state index contributed by atoms with van der Waals surface area (Å²) in [6, 6.07) is 19.7. The van der Waals surface area contributed by atoms with E-state index < -0.39 is 5.60 Å². The van der Waals surface area contributed by atoms with Gasteiger partial charge in [-0.15, -0.1) is 0 Å². The molecule has 7 rings (SSSR count). The summed E-state index contributed by atoms with van der Waals surface area (Å²) in [4.78, 5) is 2.58. The smallest absolute Gasteiger partial charge is 0.120 e. The maximum atomic E-state index is 12.7. The molecule has 31 heavy (non-hydrogen) atoms. The number of benzene rings is 2. The van der Waals surface area contributed by atoms with Crippen LogP contribution in [0.2, 0.25) is 0 Å². The van der Waals surface area contributed by atoms with Crippen molar-refractivity contribution < 1.29 is 5.11 Å². The number of hydrogen-bond acceptors (Lipinski definition) is 2. The third-order valence-electron chi connectivity index (χ3n) is 9.22. The molecule has 1 saturated heterocycles. The Kier molecular flexibility index (Phi) is 5.00. The van der Waals surface area contributed by atoms with E-state index >= 15 is 0 Å². The zero-order chi connectivity index (χ0) is 20.9. The first-order valence-corrected chi connectivity index (χ1v) is 12.7. The molecule has 164 valence electrons. The summed E-state index contributed by atoms with van der Waals surface area (Å²) >= 11 is 0. The van der Waals surface area contributed by atoms with E-state index in [9.17, 15) is 5.11 Å². The average Bonchev–Trinajstić information content (AvgIpc) is 2.79. The number of hydrogen-bond donors (Lipinski definition) is 1. The van der Waals surface area contributed by atoms with Gasteiger partial charge >= 0.3 is 0 Å². The number of rotatable bonds is 5. The van der Waals surface area contributed by atoms with Gasteiger partial charge in [0.05, 0.1) is 0 Å². The Hall–Kier alpha value is -1.64. The van der Waals surface area contributed by atoms with E-state index in [1.165, 1.54) is 76.4 Å². The lowest BCUT2D eigenvalue weighted by Crippen LogP contribution is -2.57. The molecule has 4 aliphatic carbocycles. The molecule has 2 nitrogen and oxygen atoms in total. The molecular weight excluding hydrogens is 378 g/mol. The summed E-state index contributed by atoms with van der Waals surface area (Å²) in [6.45, 7) is 3.49. The van der Waals surface area contributed by atoms with Gasteiger partial charge in [0.15, 0.2) is 0 Å². The van der Waals surface area contributed by atoms with Crippen LogP contribution >= 0.6 is 0 Å². The summed E-state index contributed by atoms with van der Waals surface area (Å²) in [5, 5.41) is 12.7. The molecular formula is C29H37NO. The van der Waals surface area contributed by atoms with Gasteiger partial charge in [-0.2, -0.15) is 0 Å². The molecule has 1 unspecified atom stereocenters. The number of nitrogens with zero attached hydrogens (tertiary/aromatic N) is 1. The van der Waals surface area contributed by atoms with Crippen LogP contribution in [0.25, 0.3) is 0 Å². The standard InChI is InChI=1S/C29H37NO/c31-29(26-7-3-1-4-8-26,28-18-23-15-24(19-28)17-25(16-23)20-28)27-11-9-22(10-12-27)21-30-13-5-2-6-14-30/h1,3-4,7-12,23-25,31H,2,5-6,13-21H2. The molecule has 1 atom stereocenters. The van der Waals surface area contributed by atoms with Crippen LogP contribution in [0.3, 0.4) is 0 Å². The Balaban J connectivity index is 1.37. The molecule has 5 aliphatic rings. The lowest BCUT2D eigenvalue weighted by molar-refractivity contribution is -0.164. The predicted molar refractivity (Wildman–Crippen MR) is 126 cm³/mol. The first kappa shape index (κ1) is 20.0. The van der Waals surface area contributed by atoms with Gasteiger partial charge in [0, 0.05) is 12.0 Å². The molecule has 0 amide bonds. The van der Waals surface area contributed by atoms with Crippen molar-refractivity contribution >= 4 is 0 Å². The third kappa shape index (κ3) is 3.38. The van der Waals surface area contributed by atoms with E-state index in [1.807, 2.05) is 0 Å². The minimum atomic E-state index is -0.881. The monoisotopic (exact) mass is 415 g/mol. The molecule has 4 bridgehead atoms. The highest BCUT2D eigenvalue weighted by molar-refractivity contribution is 5.41. The van der Waals surface area contributed by atoms with Crippen molar-refractivity contribution in [1.29, 1.82) is 0 Å². The van der Waals surface area contributed by atoms with Crippen molar-refractivity contribution in [1.82, 2.24) is 4.90 Å². The molecule has 2 aromatic carbocycles. The summed E-state index contributed by atoms with van der Waals surface area (Å²) < 4.78 is 0. The van der Waals surface area contributed by atoms with Crippen LogP contribution in [0, 0.1) is 23.2 Å². The average molecular weight is 416 g/mol. The Bertz CT molecular complexity index is 863. The summed E-state index contributed by atoms with van der Waals surface area (Å²) in [7, 11) is 0. The van der Waals surface area contributed by atoms with Crippen LogP contribution in [0.1, 0.15) is 74.5 Å².